The van der Waals surface area contributed by atoms with E-state index in [0.717, 1.165) is 0 Å². The summed E-state index contributed by atoms with van der Waals surface area (Å²) in [6.07, 6.45) is -11.0. The molecule has 1 N–H and O–H groups in total. The zero-order valence-electron chi connectivity index (χ0n) is 13.3. The lowest BCUT2D eigenvalue weighted by molar-refractivity contribution is -0.376. The van der Waals surface area contributed by atoms with Crippen molar-refractivity contribution in [3.63, 3.8) is 0 Å². The number of hydrogen-bond donors (Lipinski definition) is 1. The highest BCUT2D eigenvalue weighted by atomic mass is 19.4. The van der Waals surface area contributed by atoms with E-state index in [4.69, 9.17) is 0 Å². The van der Waals surface area contributed by atoms with Crippen LogP contribution >= 0.6 is 0 Å². The van der Waals surface area contributed by atoms with Gasteiger partial charge in [0.1, 0.15) is 0 Å². The second-order valence-electron chi connectivity index (χ2n) is 6.65. The van der Waals surface area contributed by atoms with Gasteiger partial charge in [0.2, 0.25) is 0 Å². The first-order chi connectivity index (χ1) is 10.2. The minimum atomic E-state index is -5.86. The topological polar surface area (TPSA) is 20.2 Å². The summed E-state index contributed by atoms with van der Waals surface area (Å²) in [5, 5.41) is 9.35. The van der Waals surface area contributed by atoms with Gasteiger partial charge < -0.3 is 5.11 Å². The van der Waals surface area contributed by atoms with Crippen LogP contribution in [0.2, 0.25) is 0 Å². The summed E-state index contributed by atoms with van der Waals surface area (Å²) in [6.45, 7) is 7.72. The molecule has 0 spiro atoms. The Morgan fingerprint density at radius 1 is 0.870 bits per heavy atom. The molecule has 0 aromatic heterocycles. The lowest BCUT2D eigenvalue weighted by Crippen LogP contribution is -2.53. The van der Waals surface area contributed by atoms with Crippen molar-refractivity contribution in [2.24, 2.45) is 5.41 Å². The van der Waals surface area contributed by atoms with E-state index in [2.05, 4.69) is 0 Å². The van der Waals surface area contributed by atoms with Crippen LogP contribution in [0.4, 0.5) is 26.3 Å². The zero-order chi connectivity index (χ0) is 18.3. The van der Waals surface area contributed by atoms with Crippen molar-refractivity contribution in [3.8, 4) is 0 Å². The van der Waals surface area contributed by atoms with Crippen LogP contribution in [0.5, 0.6) is 0 Å². The summed E-state index contributed by atoms with van der Waals surface area (Å²) in [6, 6.07) is 3.84. The molecule has 1 aromatic carbocycles. The van der Waals surface area contributed by atoms with Crippen LogP contribution in [0, 0.1) is 5.41 Å². The number of alkyl halides is 6. The van der Waals surface area contributed by atoms with Crippen molar-refractivity contribution in [2.75, 3.05) is 0 Å². The fourth-order valence-corrected chi connectivity index (χ4v) is 2.79. The maximum atomic E-state index is 12.8. The summed E-state index contributed by atoms with van der Waals surface area (Å²) in [7, 11) is 0. The molecule has 7 heteroatoms. The van der Waals surface area contributed by atoms with E-state index < -0.39 is 23.5 Å². The molecule has 0 heterocycles. The third-order valence-electron chi connectivity index (χ3n) is 4.00. The SMILES string of the molecule is CCC(c1ccc(C(O)(C(F)(F)F)C(F)(F)F)cc1)C(C)(C)C. The molecule has 1 aromatic rings. The first-order valence-electron chi connectivity index (χ1n) is 7.12. The number of rotatable bonds is 3. The summed E-state index contributed by atoms with van der Waals surface area (Å²) in [5.74, 6) is -0.0265. The molecule has 0 aliphatic rings. The van der Waals surface area contributed by atoms with Crippen LogP contribution in [0.15, 0.2) is 24.3 Å². The third-order valence-corrected chi connectivity index (χ3v) is 4.00. The smallest absolute Gasteiger partial charge is 0.369 e. The molecule has 1 atom stereocenters. The molecule has 1 rings (SSSR count). The van der Waals surface area contributed by atoms with Crippen molar-refractivity contribution in [3.05, 3.63) is 35.4 Å². The van der Waals surface area contributed by atoms with E-state index in [1.54, 1.807) is 0 Å². The molecule has 0 fully saturated rings. The fraction of sp³-hybridized carbons (Fsp3) is 0.625. The monoisotopic (exact) mass is 342 g/mol. The quantitative estimate of drug-likeness (QED) is 0.715. The Hall–Kier alpha value is -1.24. The standard InChI is InChI=1S/C16H20F6O/c1-5-12(13(2,3)4)10-6-8-11(9-7-10)14(23,15(17,18)19)16(20,21)22/h6-9,12,23H,5H2,1-4H3. The van der Waals surface area contributed by atoms with Crippen LogP contribution in [-0.4, -0.2) is 17.5 Å². The normalized spacial score (nSPS) is 15.6. The van der Waals surface area contributed by atoms with Gasteiger partial charge >= 0.3 is 12.4 Å². The van der Waals surface area contributed by atoms with Crippen LogP contribution < -0.4 is 0 Å². The first kappa shape index (κ1) is 19.8. The van der Waals surface area contributed by atoms with Crippen LogP contribution in [0.25, 0.3) is 0 Å². The molecule has 0 amide bonds. The number of aliphatic hydroxyl groups is 1. The molecule has 0 aliphatic carbocycles. The first-order valence-corrected chi connectivity index (χ1v) is 7.12. The van der Waals surface area contributed by atoms with Gasteiger partial charge in [-0.2, -0.15) is 26.3 Å². The Morgan fingerprint density at radius 2 is 1.26 bits per heavy atom. The largest absolute Gasteiger partial charge is 0.430 e. The lowest BCUT2D eigenvalue weighted by Gasteiger charge is -2.34. The van der Waals surface area contributed by atoms with E-state index in [1.165, 1.54) is 12.1 Å². The van der Waals surface area contributed by atoms with E-state index in [1.807, 2.05) is 27.7 Å². The molecule has 132 valence electrons. The molecule has 0 saturated carbocycles. The van der Waals surface area contributed by atoms with Crippen LogP contribution in [-0.2, 0) is 5.60 Å². The Bertz CT molecular complexity index is 507. The molecular weight excluding hydrogens is 322 g/mol. The van der Waals surface area contributed by atoms with Gasteiger partial charge in [0, 0.05) is 5.56 Å². The number of halogens is 6. The van der Waals surface area contributed by atoms with Crippen molar-refractivity contribution in [2.45, 2.75) is 58.0 Å². The second-order valence-corrected chi connectivity index (χ2v) is 6.65. The maximum absolute atomic E-state index is 12.8. The average molecular weight is 342 g/mol. The molecular formula is C16H20F6O. The van der Waals surface area contributed by atoms with Crippen LogP contribution in [0.3, 0.4) is 0 Å². The Kier molecular flexibility index (Phi) is 5.17. The van der Waals surface area contributed by atoms with Gasteiger partial charge in [-0.25, -0.2) is 0 Å². The third kappa shape index (κ3) is 3.65. The van der Waals surface area contributed by atoms with Crippen LogP contribution in [0.1, 0.15) is 51.2 Å². The zero-order valence-corrected chi connectivity index (χ0v) is 13.3. The molecule has 23 heavy (non-hydrogen) atoms. The summed E-state index contributed by atoms with van der Waals surface area (Å²) >= 11 is 0. The van der Waals surface area contributed by atoms with Gasteiger partial charge in [0.15, 0.2) is 0 Å². The lowest BCUT2D eigenvalue weighted by atomic mass is 9.74. The summed E-state index contributed by atoms with van der Waals surface area (Å²) in [4.78, 5) is 0. The second kappa shape index (κ2) is 6.00. The minimum Gasteiger partial charge on any atom is -0.369 e. The van der Waals surface area contributed by atoms with Gasteiger partial charge in [0.05, 0.1) is 0 Å². The highest BCUT2D eigenvalue weighted by Crippen LogP contribution is 2.50. The molecule has 0 bridgehead atoms. The predicted octanol–water partition coefficient (Wildman–Crippen LogP) is 5.54. The number of benzene rings is 1. The maximum Gasteiger partial charge on any atom is 0.430 e. The highest BCUT2D eigenvalue weighted by molar-refractivity contribution is 5.32. The summed E-state index contributed by atoms with van der Waals surface area (Å²) < 4.78 is 77.0. The van der Waals surface area contributed by atoms with E-state index in [0.29, 0.717) is 24.1 Å². The summed E-state index contributed by atoms with van der Waals surface area (Å²) in [5.41, 5.74) is -5.66. The van der Waals surface area contributed by atoms with Crippen molar-refractivity contribution in [1.82, 2.24) is 0 Å². The molecule has 0 radical (unpaired) electrons. The van der Waals surface area contributed by atoms with E-state index in [-0.39, 0.29) is 11.3 Å². The van der Waals surface area contributed by atoms with Crippen molar-refractivity contribution >= 4 is 0 Å². The molecule has 1 unspecified atom stereocenters. The Labute approximate surface area is 131 Å². The highest BCUT2D eigenvalue weighted by Gasteiger charge is 2.71. The average Bonchev–Trinajstić information content (AvgIpc) is 2.35. The van der Waals surface area contributed by atoms with Gasteiger partial charge in [-0.1, -0.05) is 52.0 Å². The van der Waals surface area contributed by atoms with Crippen molar-refractivity contribution < 1.29 is 31.4 Å². The molecule has 0 saturated heterocycles. The Balaban J connectivity index is 3.36. The molecule has 1 nitrogen and oxygen atoms in total. The van der Waals surface area contributed by atoms with Gasteiger partial charge in [-0.05, 0) is 23.3 Å². The Morgan fingerprint density at radius 3 is 1.52 bits per heavy atom. The fourth-order valence-electron chi connectivity index (χ4n) is 2.79. The van der Waals surface area contributed by atoms with Gasteiger partial charge in [-0.15, -0.1) is 0 Å². The van der Waals surface area contributed by atoms with E-state index >= 15 is 0 Å². The van der Waals surface area contributed by atoms with Gasteiger partial charge in [0.25, 0.3) is 5.60 Å². The molecule has 0 aliphatic heterocycles. The number of hydrogen-bond acceptors (Lipinski definition) is 1. The van der Waals surface area contributed by atoms with Crippen molar-refractivity contribution in [1.29, 1.82) is 0 Å². The minimum absolute atomic E-state index is 0.0265. The van der Waals surface area contributed by atoms with E-state index in [9.17, 15) is 31.4 Å². The van der Waals surface area contributed by atoms with Gasteiger partial charge in [-0.3, -0.25) is 0 Å². The predicted molar refractivity (Wildman–Crippen MR) is 74.9 cm³/mol.